The van der Waals surface area contributed by atoms with Gasteiger partial charge in [-0.25, -0.2) is 8.42 Å². The standard InChI is InChI=1S/C18H21BrN2O3S/c1-3-17(14-7-5-4-6-8-14)20-18(22)13-21(25(2,23)24)16-11-9-15(19)10-12-16/h4-12,17H,3,13H2,1-2H3,(H,20,22)/t17-/m1/s1. The highest BCUT2D eigenvalue weighted by atomic mass is 79.9. The molecule has 0 heterocycles. The summed E-state index contributed by atoms with van der Waals surface area (Å²) in [5.41, 5.74) is 1.45. The molecule has 0 saturated heterocycles. The molecule has 0 aliphatic heterocycles. The van der Waals surface area contributed by atoms with E-state index in [0.29, 0.717) is 12.1 Å². The lowest BCUT2D eigenvalue weighted by atomic mass is 10.0. The maximum absolute atomic E-state index is 12.5. The lowest BCUT2D eigenvalue weighted by Crippen LogP contribution is -2.41. The zero-order chi connectivity index (χ0) is 18.4. The van der Waals surface area contributed by atoms with E-state index in [2.05, 4.69) is 21.2 Å². The van der Waals surface area contributed by atoms with E-state index in [-0.39, 0.29) is 18.5 Å². The van der Waals surface area contributed by atoms with Crippen LogP contribution in [0, 0.1) is 0 Å². The maximum atomic E-state index is 12.5. The number of nitrogens with one attached hydrogen (secondary N) is 1. The quantitative estimate of drug-likeness (QED) is 0.739. The van der Waals surface area contributed by atoms with Crippen LogP contribution in [-0.4, -0.2) is 27.1 Å². The van der Waals surface area contributed by atoms with Crippen LogP contribution in [0.5, 0.6) is 0 Å². The molecule has 0 aromatic heterocycles. The number of amides is 1. The van der Waals surface area contributed by atoms with Crippen LogP contribution in [0.15, 0.2) is 59.1 Å². The molecule has 0 aliphatic carbocycles. The normalized spacial score (nSPS) is 12.4. The molecule has 5 nitrogen and oxygen atoms in total. The minimum absolute atomic E-state index is 0.153. The average Bonchev–Trinajstić information content (AvgIpc) is 2.58. The Morgan fingerprint density at radius 1 is 1.12 bits per heavy atom. The van der Waals surface area contributed by atoms with Crippen molar-refractivity contribution in [1.82, 2.24) is 5.32 Å². The summed E-state index contributed by atoms with van der Waals surface area (Å²) in [6, 6.07) is 16.3. The van der Waals surface area contributed by atoms with Gasteiger partial charge < -0.3 is 5.32 Å². The fourth-order valence-electron chi connectivity index (χ4n) is 2.48. The Labute approximate surface area is 157 Å². The van der Waals surface area contributed by atoms with Crippen molar-refractivity contribution >= 4 is 37.5 Å². The third-order valence-electron chi connectivity index (χ3n) is 3.75. The fourth-order valence-corrected chi connectivity index (χ4v) is 3.60. The van der Waals surface area contributed by atoms with Gasteiger partial charge in [0.05, 0.1) is 18.0 Å². The van der Waals surface area contributed by atoms with Gasteiger partial charge in [-0.1, -0.05) is 53.2 Å². The van der Waals surface area contributed by atoms with Crippen LogP contribution in [-0.2, 0) is 14.8 Å². The van der Waals surface area contributed by atoms with Gasteiger partial charge in [-0.05, 0) is 36.2 Å². The molecule has 0 aliphatic rings. The molecular formula is C18H21BrN2O3S. The first-order valence-corrected chi connectivity index (χ1v) is 10.5. The number of halogens is 1. The van der Waals surface area contributed by atoms with Crippen LogP contribution in [0.3, 0.4) is 0 Å². The number of hydrogen-bond donors (Lipinski definition) is 1. The number of benzene rings is 2. The zero-order valence-corrected chi connectivity index (χ0v) is 16.5. The summed E-state index contributed by atoms with van der Waals surface area (Å²) in [6.07, 6.45) is 1.81. The largest absolute Gasteiger partial charge is 0.348 e. The predicted octanol–water partition coefficient (Wildman–Crippen LogP) is 3.48. The summed E-state index contributed by atoms with van der Waals surface area (Å²) in [5, 5.41) is 2.91. The maximum Gasteiger partial charge on any atom is 0.241 e. The Morgan fingerprint density at radius 3 is 2.24 bits per heavy atom. The van der Waals surface area contributed by atoms with Crippen LogP contribution in [0.25, 0.3) is 0 Å². The third-order valence-corrected chi connectivity index (χ3v) is 5.42. The number of nitrogens with zero attached hydrogens (tertiary/aromatic N) is 1. The van der Waals surface area contributed by atoms with Crippen LogP contribution >= 0.6 is 15.9 Å². The molecule has 0 bridgehead atoms. The molecule has 1 atom stereocenters. The van der Waals surface area contributed by atoms with Crippen molar-refractivity contribution in [1.29, 1.82) is 0 Å². The van der Waals surface area contributed by atoms with E-state index >= 15 is 0 Å². The second kappa shape index (κ2) is 8.49. The first-order chi connectivity index (χ1) is 11.8. The van der Waals surface area contributed by atoms with E-state index < -0.39 is 10.0 Å². The molecule has 7 heteroatoms. The molecule has 2 aromatic rings. The Hall–Kier alpha value is -1.86. The van der Waals surface area contributed by atoms with Gasteiger partial charge in [-0.2, -0.15) is 0 Å². The summed E-state index contributed by atoms with van der Waals surface area (Å²) < 4.78 is 26.2. The predicted molar refractivity (Wildman–Crippen MR) is 104 cm³/mol. The minimum Gasteiger partial charge on any atom is -0.348 e. The van der Waals surface area contributed by atoms with Crippen LogP contribution < -0.4 is 9.62 Å². The smallest absolute Gasteiger partial charge is 0.241 e. The summed E-state index contributed by atoms with van der Waals surface area (Å²) in [6.45, 7) is 1.71. The SMILES string of the molecule is CC[C@@H](NC(=O)CN(c1ccc(Br)cc1)S(C)(=O)=O)c1ccccc1. The fraction of sp³-hybridized carbons (Fsp3) is 0.278. The number of carbonyl (C=O) groups is 1. The number of carbonyl (C=O) groups excluding carboxylic acids is 1. The van der Waals surface area contributed by atoms with Crippen molar-refractivity contribution in [2.75, 3.05) is 17.1 Å². The van der Waals surface area contributed by atoms with E-state index in [1.54, 1.807) is 24.3 Å². The number of anilines is 1. The molecule has 0 saturated carbocycles. The van der Waals surface area contributed by atoms with Crippen molar-refractivity contribution in [3.8, 4) is 0 Å². The summed E-state index contributed by atoms with van der Waals surface area (Å²) in [5.74, 6) is -0.343. The molecule has 25 heavy (non-hydrogen) atoms. The monoisotopic (exact) mass is 424 g/mol. The molecule has 0 unspecified atom stereocenters. The molecular weight excluding hydrogens is 404 g/mol. The van der Waals surface area contributed by atoms with E-state index in [9.17, 15) is 13.2 Å². The molecule has 0 fully saturated rings. The van der Waals surface area contributed by atoms with Gasteiger partial charge in [0.2, 0.25) is 15.9 Å². The third kappa shape index (κ3) is 5.57. The van der Waals surface area contributed by atoms with Crippen LogP contribution in [0.1, 0.15) is 24.9 Å². The van der Waals surface area contributed by atoms with Crippen LogP contribution in [0.2, 0.25) is 0 Å². The first-order valence-electron chi connectivity index (χ1n) is 7.89. The zero-order valence-electron chi connectivity index (χ0n) is 14.1. The molecule has 1 N–H and O–H groups in total. The Morgan fingerprint density at radius 2 is 1.72 bits per heavy atom. The van der Waals surface area contributed by atoms with Gasteiger partial charge in [0.1, 0.15) is 6.54 Å². The Kier molecular flexibility index (Phi) is 6.61. The van der Waals surface area contributed by atoms with Crippen molar-refractivity contribution in [2.24, 2.45) is 0 Å². The van der Waals surface area contributed by atoms with Gasteiger partial charge in [-0.15, -0.1) is 0 Å². The Balaban J connectivity index is 2.15. The van der Waals surface area contributed by atoms with Gasteiger partial charge >= 0.3 is 0 Å². The number of hydrogen-bond acceptors (Lipinski definition) is 3. The van der Waals surface area contributed by atoms with Gasteiger partial charge in [0, 0.05) is 4.47 Å². The summed E-state index contributed by atoms with van der Waals surface area (Å²) in [4.78, 5) is 12.5. The lowest BCUT2D eigenvalue weighted by molar-refractivity contribution is -0.120. The van der Waals surface area contributed by atoms with Crippen LogP contribution in [0.4, 0.5) is 5.69 Å². The second-order valence-corrected chi connectivity index (χ2v) is 8.51. The van der Waals surface area contributed by atoms with Gasteiger partial charge in [-0.3, -0.25) is 9.10 Å². The summed E-state index contributed by atoms with van der Waals surface area (Å²) in [7, 11) is -3.58. The molecule has 0 spiro atoms. The molecule has 2 aromatic carbocycles. The highest BCUT2D eigenvalue weighted by Crippen LogP contribution is 2.21. The van der Waals surface area contributed by atoms with Crippen molar-refractivity contribution in [3.05, 3.63) is 64.6 Å². The van der Waals surface area contributed by atoms with Crippen molar-refractivity contribution in [2.45, 2.75) is 19.4 Å². The van der Waals surface area contributed by atoms with Crippen molar-refractivity contribution in [3.63, 3.8) is 0 Å². The topological polar surface area (TPSA) is 66.5 Å². The molecule has 134 valence electrons. The van der Waals surface area contributed by atoms with E-state index in [0.717, 1.165) is 20.6 Å². The molecule has 2 rings (SSSR count). The van der Waals surface area contributed by atoms with Gasteiger partial charge in [0.15, 0.2) is 0 Å². The van der Waals surface area contributed by atoms with E-state index in [1.807, 2.05) is 37.3 Å². The molecule has 0 radical (unpaired) electrons. The Bertz CT molecular complexity index is 808. The molecule has 1 amide bonds. The first kappa shape index (κ1) is 19.5. The lowest BCUT2D eigenvalue weighted by Gasteiger charge is -2.24. The second-order valence-electron chi connectivity index (χ2n) is 5.69. The minimum atomic E-state index is -3.58. The van der Waals surface area contributed by atoms with Gasteiger partial charge in [0.25, 0.3) is 0 Å². The van der Waals surface area contributed by atoms with E-state index in [4.69, 9.17) is 0 Å². The highest BCUT2D eigenvalue weighted by Gasteiger charge is 2.22. The van der Waals surface area contributed by atoms with Crippen molar-refractivity contribution < 1.29 is 13.2 Å². The van der Waals surface area contributed by atoms with E-state index in [1.165, 1.54) is 0 Å². The average molecular weight is 425 g/mol. The number of rotatable bonds is 7. The number of sulfonamides is 1. The highest BCUT2D eigenvalue weighted by molar-refractivity contribution is 9.10. The summed E-state index contributed by atoms with van der Waals surface area (Å²) >= 11 is 3.32.